The number of hydrogen-bond donors (Lipinski definition) is 1. The van der Waals surface area contributed by atoms with Crippen LogP contribution in [0.1, 0.15) is 19.8 Å². The first-order chi connectivity index (χ1) is 8.85. The Morgan fingerprint density at radius 3 is 2.17 bits per heavy atom. The molecule has 18 heavy (non-hydrogen) atoms. The van der Waals surface area contributed by atoms with Gasteiger partial charge in [0.25, 0.3) is 0 Å². The average Bonchev–Trinajstić information content (AvgIpc) is 2.37. The minimum absolute atomic E-state index is 0.432. The molecule has 5 nitrogen and oxygen atoms in total. The quantitative estimate of drug-likeness (QED) is 0.475. The number of methoxy groups -OCH3 is 2. The van der Waals surface area contributed by atoms with E-state index in [-0.39, 0.29) is 0 Å². The lowest BCUT2D eigenvalue weighted by molar-refractivity contribution is 0.0232. The predicted molar refractivity (Wildman–Crippen MR) is 72.1 cm³/mol. The van der Waals surface area contributed by atoms with Gasteiger partial charge in [0.2, 0.25) is 0 Å². The van der Waals surface area contributed by atoms with Gasteiger partial charge in [-0.3, -0.25) is 0 Å². The summed E-state index contributed by atoms with van der Waals surface area (Å²) in [6.45, 7) is 7.18. The lowest BCUT2D eigenvalue weighted by atomic mass is 10.2. The molecule has 0 aromatic carbocycles. The van der Waals surface area contributed by atoms with Gasteiger partial charge in [-0.05, 0) is 19.4 Å². The summed E-state index contributed by atoms with van der Waals surface area (Å²) in [5.41, 5.74) is 0. The summed E-state index contributed by atoms with van der Waals surface area (Å²) in [4.78, 5) is 0. The van der Waals surface area contributed by atoms with Crippen molar-refractivity contribution in [3.05, 3.63) is 0 Å². The monoisotopic (exact) mass is 263 g/mol. The molecular weight excluding hydrogens is 234 g/mol. The molecule has 0 bridgehead atoms. The number of ether oxygens (including phenoxy) is 4. The Morgan fingerprint density at radius 1 is 0.889 bits per heavy atom. The average molecular weight is 263 g/mol. The first-order valence-electron chi connectivity index (χ1n) is 6.71. The Labute approximate surface area is 111 Å². The summed E-state index contributed by atoms with van der Waals surface area (Å²) in [6.07, 6.45) is 2.12. The Kier molecular flexibility index (Phi) is 14.7. The van der Waals surface area contributed by atoms with Crippen molar-refractivity contribution in [2.24, 2.45) is 0 Å². The van der Waals surface area contributed by atoms with Gasteiger partial charge >= 0.3 is 0 Å². The third-order valence-corrected chi connectivity index (χ3v) is 2.51. The fourth-order valence-corrected chi connectivity index (χ4v) is 1.63. The van der Waals surface area contributed by atoms with Crippen LogP contribution in [0.3, 0.4) is 0 Å². The van der Waals surface area contributed by atoms with Crippen LogP contribution in [0.2, 0.25) is 0 Å². The van der Waals surface area contributed by atoms with E-state index >= 15 is 0 Å². The maximum absolute atomic E-state index is 5.49. The second-order valence-electron chi connectivity index (χ2n) is 4.07. The van der Waals surface area contributed by atoms with E-state index in [1.807, 2.05) is 0 Å². The molecule has 1 N–H and O–H groups in total. The van der Waals surface area contributed by atoms with Crippen LogP contribution < -0.4 is 5.32 Å². The van der Waals surface area contributed by atoms with E-state index in [1.54, 1.807) is 14.2 Å². The lowest BCUT2D eigenvalue weighted by Gasteiger charge is -2.16. The highest BCUT2D eigenvalue weighted by atomic mass is 16.5. The molecule has 0 saturated carbocycles. The molecule has 0 radical (unpaired) electrons. The molecule has 0 aromatic heterocycles. The van der Waals surface area contributed by atoms with Gasteiger partial charge in [-0.15, -0.1) is 0 Å². The van der Waals surface area contributed by atoms with Crippen LogP contribution in [-0.2, 0) is 18.9 Å². The van der Waals surface area contributed by atoms with Crippen LogP contribution >= 0.6 is 0 Å². The highest BCUT2D eigenvalue weighted by molar-refractivity contribution is 4.64. The Morgan fingerprint density at radius 2 is 1.56 bits per heavy atom. The largest absolute Gasteiger partial charge is 0.383 e. The van der Waals surface area contributed by atoms with Crippen molar-refractivity contribution in [2.45, 2.75) is 25.8 Å². The van der Waals surface area contributed by atoms with Crippen LogP contribution in [0.5, 0.6) is 0 Å². The molecule has 110 valence electrons. The zero-order valence-corrected chi connectivity index (χ0v) is 12.1. The molecule has 0 heterocycles. The summed E-state index contributed by atoms with van der Waals surface area (Å²) >= 11 is 0. The molecule has 0 aliphatic heterocycles. The Bertz CT molecular complexity index is 152. The summed E-state index contributed by atoms with van der Waals surface area (Å²) in [5.74, 6) is 0. The van der Waals surface area contributed by atoms with E-state index in [4.69, 9.17) is 18.9 Å². The van der Waals surface area contributed by atoms with Crippen LogP contribution in [-0.4, -0.2) is 66.4 Å². The topological polar surface area (TPSA) is 49.0 Å². The smallest absolute Gasteiger partial charge is 0.0701 e. The third-order valence-electron chi connectivity index (χ3n) is 2.51. The van der Waals surface area contributed by atoms with E-state index in [0.717, 1.165) is 32.6 Å². The number of nitrogens with one attached hydrogen (secondary N) is 1. The molecule has 0 aliphatic carbocycles. The van der Waals surface area contributed by atoms with E-state index in [1.165, 1.54) is 0 Å². The summed E-state index contributed by atoms with van der Waals surface area (Å²) in [5, 5.41) is 3.39. The third kappa shape index (κ3) is 12.3. The van der Waals surface area contributed by atoms with Gasteiger partial charge in [-0.25, -0.2) is 0 Å². The number of likely N-dealkylation sites (N-methyl/N-ethyl adjacent to an activating group) is 1. The molecule has 0 fully saturated rings. The summed E-state index contributed by atoms with van der Waals surface area (Å²) in [6, 6.07) is 0.432. The van der Waals surface area contributed by atoms with Crippen LogP contribution in [0.4, 0.5) is 0 Å². The van der Waals surface area contributed by atoms with Gasteiger partial charge < -0.3 is 24.3 Å². The van der Waals surface area contributed by atoms with Crippen molar-refractivity contribution < 1.29 is 18.9 Å². The molecular formula is C13H29NO4. The summed E-state index contributed by atoms with van der Waals surface area (Å²) in [7, 11) is 3.40. The molecule has 0 spiro atoms. The number of hydrogen-bond acceptors (Lipinski definition) is 5. The highest BCUT2D eigenvalue weighted by Gasteiger charge is 2.05. The highest BCUT2D eigenvalue weighted by Crippen LogP contribution is 1.98. The standard InChI is InChI=1S/C13H29NO4/c1-4-14-13(12-16-3)6-5-7-17-10-11-18-9-8-15-2/h13-14H,4-12H2,1-3H3. The maximum Gasteiger partial charge on any atom is 0.0701 e. The molecule has 5 heteroatoms. The van der Waals surface area contributed by atoms with Crippen molar-refractivity contribution in [3.8, 4) is 0 Å². The van der Waals surface area contributed by atoms with Gasteiger partial charge in [0.15, 0.2) is 0 Å². The van der Waals surface area contributed by atoms with Crippen molar-refractivity contribution in [1.82, 2.24) is 5.32 Å². The first-order valence-corrected chi connectivity index (χ1v) is 6.71. The van der Waals surface area contributed by atoms with Gasteiger partial charge in [-0.1, -0.05) is 6.92 Å². The fraction of sp³-hybridized carbons (Fsp3) is 1.00. The maximum atomic E-state index is 5.49. The van der Waals surface area contributed by atoms with E-state index in [2.05, 4.69) is 12.2 Å². The van der Waals surface area contributed by atoms with Crippen LogP contribution in [0.25, 0.3) is 0 Å². The van der Waals surface area contributed by atoms with E-state index < -0.39 is 0 Å². The molecule has 0 rings (SSSR count). The molecule has 1 unspecified atom stereocenters. The van der Waals surface area contributed by atoms with Crippen molar-refractivity contribution in [1.29, 1.82) is 0 Å². The van der Waals surface area contributed by atoms with Gasteiger partial charge in [0.05, 0.1) is 33.0 Å². The Balaban J connectivity index is 3.21. The fourth-order valence-electron chi connectivity index (χ4n) is 1.63. The van der Waals surface area contributed by atoms with Crippen molar-refractivity contribution in [2.75, 3.05) is 60.4 Å². The lowest BCUT2D eigenvalue weighted by Crippen LogP contribution is -2.33. The molecule has 0 aliphatic rings. The van der Waals surface area contributed by atoms with Gasteiger partial charge in [0, 0.05) is 26.9 Å². The normalized spacial score (nSPS) is 12.8. The van der Waals surface area contributed by atoms with E-state index in [9.17, 15) is 0 Å². The molecule has 0 amide bonds. The van der Waals surface area contributed by atoms with Crippen LogP contribution in [0.15, 0.2) is 0 Å². The SMILES string of the molecule is CCNC(CCCOCCOCCOC)COC. The molecule has 1 atom stereocenters. The molecule has 0 aromatic rings. The zero-order chi connectivity index (χ0) is 13.5. The van der Waals surface area contributed by atoms with E-state index in [0.29, 0.717) is 32.5 Å². The predicted octanol–water partition coefficient (Wildman–Crippen LogP) is 1.07. The van der Waals surface area contributed by atoms with Crippen molar-refractivity contribution >= 4 is 0 Å². The van der Waals surface area contributed by atoms with Crippen molar-refractivity contribution in [3.63, 3.8) is 0 Å². The second-order valence-corrected chi connectivity index (χ2v) is 4.07. The number of rotatable bonds is 14. The second kappa shape index (κ2) is 14.9. The minimum atomic E-state index is 0.432. The minimum Gasteiger partial charge on any atom is -0.383 e. The summed E-state index contributed by atoms with van der Waals surface area (Å²) < 4.78 is 20.8. The Hall–Kier alpha value is -0.200. The zero-order valence-electron chi connectivity index (χ0n) is 12.1. The van der Waals surface area contributed by atoms with Crippen LogP contribution in [0, 0.1) is 0 Å². The van der Waals surface area contributed by atoms with Gasteiger partial charge in [0.1, 0.15) is 0 Å². The van der Waals surface area contributed by atoms with Gasteiger partial charge in [-0.2, -0.15) is 0 Å². The first kappa shape index (κ1) is 17.8. The molecule has 0 saturated heterocycles.